The highest BCUT2D eigenvalue weighted by Crippen LogP contribution is 2.33. The predicted octanol–water partition coefficient (Wildman–Crippen LogP) is 4.69. The molecule has 0 saturated carbocycles. The fourth-order valence-corrected chi connectivity index (χ4v) is 3.31. The molecule has 158 valence electrons. The first-order valence-electron chi connectivity index (χ1n) is 9.93. The van der Waals surface area contributed by atoms with E-state index in [4.69, 9.17) is 13.9 Å². The van der Waals surface area contributed by atoms with Crippen LogP contribution in [0.4, 0.5) is 0 Å². The molecule has 0 fully saturated rings. The van der Waals surface area contributed by atoms with Gasteiger partial charge in [-0.25, -0.2) is 4.79 Å². The molecular formula is C24H27NO5. The van der Waals surface area contributed by atoms with Crippen molar-refractivity contribution < 1.29 is 23.8 Å². The second-order valence-electron chi connectivity index (χ2n) is 7.41. The van der Waals surface area contributed by atoms with Crippen LogP contribution in [0.2, 0.25) is 0 Å². The fraction of sp³-hybridized carbons (Fsp3) is 0.333. The second-order valence-corrected chi connectivity index (χ2v) is 7.41. The van der Waals surface area contributed by atoms with Crippen LogP contribution in [0, 0.1) is 5.92 Å². The summed E-state index contributed by atoms with van der Waals surface area (Å²) in [5.41, 5.74) is 2.55. The Kier molecular flexibility index (Phi) is 6.45. The smallest absolute Gasteiger partial charge is 0.328 e. The van der Waals surface area contributed by atoms with Crippen LogP contribution in [0.25, 0.3) is 22.3 Å². The molecule has 0 bridgehead atoms. The molecule has 1 atom stereocenters. The Hall–Kier alpha value is -3.28. The minimum Gasteiger partial charge on any atom is -0.493 e. The number of rotatable bonds is 7. The number of fused-ring (bicyclic) bond motifs is 1. The van der Waals surface area contributed by atoms with Crippen molar-refractivity contribution >= 4 is 16.9 Å². The van der Waals surface area contributed by atoms with Crippen LogP contribution in [0.3, 0.4) is 0 Å². The first-order chi connectivity index (χ1) is 14.4. The second kappa shape index (κ2) is 9.03. The maximum atomic E-state index is 11.8. The van der Waals surface area contributed by atoms with E-state index in [1.165, 1.54) is 0 Å². The number of nitrogens with zero attached hydrogens (tertiary/aromatic N) is 1. The summed E-state index contributed by atoms with van der Waals surface area (Å²) in [7, 11) is 3.16. The number of carboxylic acids is 1. The zero-order valence-electron chi connectivity index (χ0n) is 17.9. The number of carboxylic acid groups (broad SMARTS) is 1. The van der Waals surface area contributed by atoms with Gasteiger partial charge in [0.05, 0.1) is 19.6 Å². The number of ether oxygens (including phenoxy) is 2. The SMILES string of the molecule is CCc1ccc2oc(-c3ccc(OC)c(OC)c3)cc(=N[C@H](C(=O)O)C(C)C)c2c1. The third-order valence-electron chi connectivity index (χ3n) is 5.05. The van der Waals surface area contributed by atoms with Crippen molar-refractivity contribution in [2.24, 2.45) is 10.9 Å². The summed E-state index contributed by atoms with van der Waals surface area (Å²) >= 11 is 0. The first kappa shape index (κ1) is 21.4. The lowest BCUT2D eigenvalue weighted by Crippen LogP contribution is -2.27. The first-order valence-corrected chi connectivity index (χ1v) is 9.93. The summed E-state index contributed by atoms with van der Waals surface area (Å²) in [6.07, 6.45) is 0.860. The van der Waals surface area contributed by atoms with Crippen molar-refractivity contribution in [2.45, 2.75) is 33.2 Å². The molecule has 0 aliphatic heterocycles. The van der Waals surface area contributed by atoms with Gasteiger partial charge in [-0.3, -0.25) is 4.99 Å². The summed E-state index contributed by atoms with van der Waals surface area (Å²) in [5.74, 6) is 0.673. The van der Waals surface area contributed by atoms with Crippen LogP contribution in [0.15, 0.2) is 51.9 Å². The predicted molar refractivity (Wildman–Crippen MR) is 116 cm³/mol. The quantitative estimate of drug-likeness (QED) is 0.612. The Labute approximate surface area is 175 Å². The highest BCUT2D eigenvalue weighted by atomic mass is 16.5. The van der Waals surface area contributed by atoms with Crippen molar-refractivity contribution in [2.75, 3.05) is 14.2 Å². The molecule has 6 nitrogen and oxygen atoms in total. The number of benzene rings is 2. The summed E-state index contributed by atoms with van der Waals surface area (Å²) in [4.78, 5) is 16.4. The van der Waals surface area contributed by atoms with Gasteiger partial charge in [-0.1, -0.05) is 26.8 Å². The normalized spacial score (nSPS) is 12.9. The van der Waals surface area contributed by atoms with Crippen molar-refractivity contribution in [3.63, 3.8) is 0 Å². The molecule has 3 rings (SSSR count). The summed E-state index contributed by atoms with van der Waals surface area (Å²) in [6, 6.07) is 12.4. The fourth-order valence-electron chi connectivity index (χ4n) is 3.31. The Morgan fingerprint density at radius 2 is 1.80 bits per heavy atom. The highest BCUT2D eigenvalue weighted by Gasteiger charge is 2.20. The third-order valence-corrected chi connectivity index (χ3v) is 5.05. The van der Waals surface area contributed by atoms with Crippen molar-refractivity contribution in [1.29, 1.82) is 0 Å². The number of aliphatic carboxylic acids is 1. The van der Waals surface area contributed by atoms with Crippen molar-refractivity contribution in [1.82, 2.24) is 0 Å². The average Bonchev–Trinajstić information content (AvgIpc) is 2.75. The van der Waals surface area contributed by atoms with E-state index in [2.05, 4.69) is 11.9 Å². The van der Waals surface area contributed by atoms with Crippen LogP contribution in [-0.2, 0) is 11.2 Å². The Balaban J connectivity index is 2.29. The largest absolute Gasteiger partial charge is 0.493 e. The molecule has 0 aliphatic carbocycles. The van der Waals surface area contributed by atoms with Crippen LogP contribution < -0.4 is 14.8 Å². The third kappa shape index (κ3) is 4.32. The zero-order chi connectivity index (χ0) is 21.8. The molecule has 1 N–H and O–H groups in total. The van der Waals surface area contributed by atoms with Gasteiger partial charge in [0.25, 0.3) is 0 Å². The Bertz CT molecular complexity index is 1130. The molecule has 0 radical (unpaired) electrons. The van der Waals surface area contributed by atoms with E-state index in [0.717, 1.165) is 22.9 Å². The molecular weight excluding hydrogens is 382 g/mol. The van der Waals surface area contributed by atoms with E-state index in [1.54, 1.807) is 26.4 Å². The van der Waals surface area contributed by atoms with Gasteiger partial charge in [0.1, 0.15) is 17.4 Å². The van der Waals surface area contributed by atoms with Gasteiger partial charge < -0.3 is 19.0 Å². The molecule has 6 heteroatoms. The summed E-state index contributed by atoms with van der Waals surface area (Å²) < 4.78 is 16.9. The number of aryl methyl sites for hydroxylation is 1. The van der Waals surface area contributed by atoms with Gasteiger partial charge >= 0.3 is 5.97 Å². The number of hydrogen-bond donors (Lipinski definition) is 1. The van der Waals surface area contributed by atoms with E-state index in [0.29, 0.717) is 28.2 Å². The van der Waals surface area contributed by atoms with Crippen LogP contribution in [0.5, 0.6) is 11.5 Å². The van der Waals surface area contributed by atoms with E-state index < -0.39 is 12.0 Å². The topological polar surface area (TPSA) is 81.3 Å². The molecule has 0 unspecified atom stereocenters. The molecule has 1 heterocycles. The lowest BCUT2D eigenvalue weighted by molar-refractivity contribution is -0.139. The number of hydrogen-bond acceptors (Lipinski definition) is 5. The minimum atomic E-state index is -0.946. The van der Waals surface area contributed by atoms with Gasteiger partial charge in [-0.2, -0.15) is 0 Å². The lowest BCUT2D eigenvalue weighted by Gasteiger charge is -2.13. The Morgan fingerprint density at radius 3 is 2.40 bits per heavy atom. The average molecular weight is 409 g/mol. The van der Waals surface area contributed by atoms with Crippen LogP contribution in [-0.4, -0.2) is 31.3 Å². The monoisotopic (exact) mass is 409 g/mol. The van der Waals surface area contributed by atoms with E-state index in [1.807, 2.05) is 44.2 Å². The minimum absolute atomic E-state index is 0.145. The lowest BCUT2D eigenvalue weighted by atomic mass is 10.0. The van der Waals surface area contributed by atoms with Gasteiger partial charge in [0.15, 0.2) is 11.5 Å². The standard InChI is InChI=1S/C24H27NO5/c1-6-15-7-9-19-17(11-15)18(25-23(14(2)3)24(26)27)13-21(30-19)16-8-10-20(28-4)22(12-16)29-5/h7-14,23H,6H2,1-5H3,(H,26,27)/t23-/m0/s1. The highest BCUT2D eigenvalue weighted by molar-refractivity contribution is 5.80. The van der Waals surface area contributed by atoms with E-state index in [9.17, 15) is 9.90 Å². The van der Waals surface area contributed by atoms with Gasteiger partial charge in [-0.05, 0) is 48.2 Å². The van der Waals surface area contributed by atoms with Gasteiger partial charge in [0, 0.05) is 17.0 Å². The van der Waals surface area contributed by atoms with Gasteiger partial charge in [0.2, 0.25) is 0 Å². The molecule has 0 spiro atoms. The van der Waals surface area contributed by atoms with E-state index in [-0.39, 0.29) is 5.92 Å². The Morgan fingerprint density at radius 1 is 1.07 bits per heavy atom. The maximum absolute atomic E-state index is 11.8. The summed E-state index contributed by atoms with van der Waals surface area (Å²) in [6.45, 7) is 5.77. The number of carbonyl (C=O) groups is 1. The zero-order valence-corrected chi connectivity index (χ0v) is 17.9. The molecule has 0 saturated heterocycles. The van der Waals surface area contributed by atoms with Crippen LogP contribution in [0.1, 0.15) is 26.3 Å². The van der Waals surface area contributed by atoms with Gasteiger partial charge in [-0.15, -0.1) is 0 Å². The maximum Gasteiger partial charge on any atom is 0.328 e. The molecule has 2 aromatic carbocycles. The molecule has 0 amide bonds. The van der Waals surface area contributed by atoms with E-state index >= 15 is 0 Å². The van der Waals surface area contributed by atoms with Crippen molar-refractivity contribution in [3.8, 4) is 22.8 Å². The molecule has 1 aromatic heterocycles. The van der Waals surface area contributed by atoms with Crippen LogP contribution >= 0.6 is 0 Å². The molecule has 30 heavy (non-hydrogen) atoms. The summed E-state index contributed by atoms with van der Waals surface area (Å²) in [5, 5.41) is 11.0. The van der Waals surface area contributed by atoms with Crippen molar-refractivity contribution in [3.05, 3.63) is 53.4 Å². The molecule has 3 aromatic rings. The number of methoxy groups -OCH3 is 2. The molecule has 0 aliphatic rings.